The lowest BCUT2D eigenvalue weighted by atomic mass is 9.85. The van der Waals surface area contributed by atoms with E-state index in [1.807, 2.05) is 0 Å². The molecule has 0 aromatic carbocycles. The third kappa shape index (κ3) is 3.39. The zero-order valence-corrected chi connectivity index (χ0v) is 13.0. The minimum Gasteiger partial charge on any atom is -0.340 e. The molecule has 9 heteroatoms. The van der Waals surface area contributed by atoms with Crippen LogP contribution in [0.4, 0.5) is 13.2 Å². The molecular weight excluding hydrogens is 323 g/mol. The highest BCUT2D eigenvalue weighted by Gasteiger charge is 2.30. The lowest BCUT2D eigenvalue weighted by molar-refractivity contribution is -0.137. The third-order valence-corrected chi connectivity index (χ3v) is 4.13. The fourth-order valence-electron chi connectivity index (χ4n) is 2.50. The Hall–Kier alpha value is -2.45. The molecule has 1 aliphatic carbocycles. The molecule has 2 aromatic heterocycles. The second kappa shape index (κ2) is 6.21. The Morgan fingerprint density at radius 1 is 1.38 bits per heavy atom. The van der Waals surface area contributed by atoms with Crippen molar-refractivity contribution in [1.82, 2.24) is 24.9 Å². The fraction of sp³-hybridized carbons (Fsp3) is 0.467. The van der Waals surface area contributed by atoms with Crippen molar-refractivity contribution in [2.45, 2.75) is 25.4 Å². The van der Waals surface area contributed by atoms with Crippen LogP contribution in [-0.4, -0.2) is 44.4 Å². The van der Waals surface area contributed by atoms with Gasteiger partial charge >= 0.3 is 6.18 Å². The van der Waals surface area contributed by atoms with E-state index in [9.17, 15) is 18.0 Å². The molecule has 0 radical (unpaired) electrons. The molecule has 6 nitrogen and oxygen atoms in total. The predicted octanol–water partition coefficient (Wildman–Crippen LogP) is 2.55. The first-order chi connectivity index (χ1) is 11.3. The van der Waals surface area contributed by atoms with E-state index >= 15 is 0 Å². The van der Waals surface area contributed by atoms with Crippen LogP contribution >= 0.6 is 0 Å². The van der Waals surface area contributed by atoms with Crippen molar-refractivity contribution in [3.05, 3.63) is 35.8 Å². The second-order valence-corrected chi connectivity index (χ2v) is 5.93. The topological polar surface area (TPSA) is 63.9 Å². The van der Waals surface area contributed by atoms with Crippen LogP contribution in [0.5, 0.6) is 0 Å². The zero-order chi connectivity index (χ0) is 17.3. The number of alkyl halides is 3. The van der Waals surface area contributed by atoms with E-state index in [2.05, 4.69) is 15.3 Å². The fourth-order valence-corrected chi connectivity index (χ4v) is 2.50. The highest BCUT2D eigenvalue weighted by atomic mass is 19.4. The quantitative estimate of drug-likeness (QED) is 0.859. The molecule has 0 spiro atoms. The maximum absolute atomic E-state index is 12.5. The standard InChI is InChI=1S/C15H16F3N5O/c1-22(8-10-3-2-4-10)14(24)12-9-23(21-20-12)13-6-5-11(7-19-13)15(16,17)18/h5-7,9-10H,2-4,8H2,1H3. The largest absolute Gasteiger partial charge is 0.417 e. The minimum absolute atomic E-state index is 0.138. The van der Waals surface area contributed by atoms with Gasteiger partial charge in [-0.1, -0.05) is 11.6 Å². The van der Waals surface area contributed by atoms with E-state index < -0.39 is 11.7 Å². The molecule has 2 aromatic rings. The predicted molar refractivity (Wildman–Crippen MR) is 78.5 cm³/mol. The Morgan fingerprint density at radius 2 is 2.12 bits per heavy atom. The Kier molecular flexibility index (Phi) is 4.25. The normalized spacial score (nSPS) is 15.2. The molecule has 1 amide bonds. The summed E-state index contributed by atoms with van der Waals surface area (Å²) in [6, 6.07) is 2.10. The smallest absolute Gasteiger partial charge is 0.340 e. The molecule has 1 fully saturated rings. The van der Waals surface area contributed by atoms with Crippen LogP contribution in [0.15, 0.2) is 24.5 Å². The molecule has 1 aliphatic rings. The number of pyridine rings is 1. The first-order valence-corrected chi connectivity index (χ1v) is 7.56. The number of halogens is 3. The number of rotatable bonds is 4. The number of aromatic nitrogens is 4. The summed E-state index contributed by atoms with van der Waals surface area (Å²) >= 11 is 0. The van der Waals surface area contributed by atoms with Crippen LogP contribution in [0.2, 0.25) is 0 Å². The highest BCUT2D eigenvalue weighted by molar-refractivity contribution is 5.91. The summed E-state index contributed by atoms with van der Waals surface area (Å²) in [6.45, 7) is 0.671. The molecule has 3 rings (SSSR count). The summed E-state index contributed by atoms with van der Waals surface area (Å²) in [7, 11) is 1.70. The lowest BCUT2D eigenvalue weighted by Gasteiger charge is -2.29. The maximum Gasteiger partial charge on any atom is 0.417 e. The summed E-state index contributed by atoms with van der Waals surface area (Å²) < 4.78 is 38.8. The molecule has 0 N–H and O–H groups in total. The van der Waals surface area contributed by atoms with Gasteiger partial charge in [-0.15, -0.1) is 5.10 Å². The minimum atomic E-state index is -4.45. The van der Waals surface area contributed by atoms with Gasteiger partial charge in [0.2, 0.25) is 0 Å². The molecule has 0 unspecified atom stereocenters. The average molecular weight is 339 g/mol. The zero-order valence-electron chi connectivity index (χ0n) is 13.0. The molecule has 2 heterocycles. The Bertz CT molecular complexity index is 721. The summed E-state index contributed by atoms with van der Waals surface area (Å²) in [5.74, 6) is 0.432. The van der Waals surface area contributed by atoms with Crippen molar-refractivity contribution in [1.29, 1.82) is 0 Å². The van der Waals surface area contributed by atoms with Crippen LogP contribution in [0.3, 0.4) is 0 Å². The lowest BCUT2D eigenvalue weighted by Crippen LogP contribution is -2.34. The Balaban J connectivity index is 1.71. The number of nitrogens with zero attached hydrogens (tertiary/aromatic N) is 5. The SMILES string of the molecule is CN(CC1CCC1)C(=O)c1cn(-c2ccc(C(F)(F)F)cn2)nn1. The molecule has 0 atom stereocenters. The molecule has 0 aliphatic heterocycles. The summed E-state index contributed by atoms with van der Waals surface area (Å²) in [6.07, 6.45) is 1.09. The van der Waals surface area contributed by atoms with Gasteiger partial charge in [0.15, 0.2) is 11.5 Å². The first-order valence-electron chi connectivity index (χ1n) is 7.56. The van der Waals surface area contributed by atoms with Crippen LogP contribution in [0.1, 0.15) is 35.3 Å². The number of carbonyl (C=O) groups excluding carboxylic acids is 1. The third-order valence-electron chi connectivity index (χ3n) is 4.13. The van der Waals surface area contributed by atoms with E-state index in [0.29, 0.717) is 12.5 Å². The molecular formula is C15H16F3N5O. The summed E-state index contributed by atoms with van der Waals surface area (Å²) in [5.41, 5.74) is -0.707. The van der Waals surface area contributed by atoms with Crippen molar-refractivity contribution >= 4 is 5.91 Å². The van der Waals surface area contributed by atoms with E-state index in [1.165, 1.54) is 23.4 Å². The van der Waals surface area contributed by atoms with Gasteiger partial charge in [-0.2, -0.15) is 13.2 Å². The van der Waals surface area contributed by atoms with Gasteiger partial charge in [0, 0.05) is 19.8 Å². The molecule has 24 heavy (non-hydrogen) atoms. The second-order valence-electron chi connectivity index (χ2n) is 5.93. The van der Waals surface area contributed by atoms with Crippen molar-refractivity contribution in [3.8, 4) is 5.82 Å². The van der Waals surface area contributed by atoms with Gasteiger partial charge in [0.25, 0.3) is 5.91 Å². The molecule has 128 valence electrons. The van der Waals surface area contributed by atoms with Gasteiger partial charge in [-0.3, -0.25) is 4.79 Å². The monoisotopic (exact) mass is 339 g/mol. The van der Waals surface area contributed by atoms with Crippen LogP contribution < -0.4 is 0 Å². The average Bonchev–Trinajstić information content (AvgIpc) is 2.99. The van der Waals surface area contributed by atoms with Crippen LogP contribution in [0, 0.1) is 5.92 Å². The van der Waals surface area contributed by atoms with Crippen LogP contribution in [0.25, 0.3) is 5.82 Å². The van der Waals surface area contributed by atoms with E-state index in [4.69, 9.17) is 0 Å². The van der Waals surface area contributed by atoms with Crippen molar-refractivity contribution in [2.24, 2.45) is 5.92 Å². The van der Waals surface area contributed by atoms with E-state index in [-0.39, 0.29) is 17.4 Å². The highest BCUT2D eigenvalue weighted by Crippen LogP contribution is 2.29. The van der Waals surface area contributed by atoms with Crippen molar-refractivity contribution in [3.63, 3.8) is 0 Å². The van der Waals surface area contributed by atoms with Gasteiger partial charge in [0.05, 0.1) is 11.8 Å². The molecule has 1 saturated carbocycles. The first kappa shape index (κ1) is 16.4. The maximum atomic E-state index is 12.5. The van der Waals surface area contributed by atoms with Gasteiger partial charge < -0.3 is 4.90 Å². The Labute approximate surface area is 136 Å². The Morgan fingerprint density at radius 3 is 2.67 bits per heavy atom. The van der Waals surface area contributed by atoms with Gasteiger partial charge in [0.1, 0.15) is 0 Å². The van der Waals surface area contributed by atoms with Crippen LogP contribution in [-0.2, 0) is 6.18 Å². The summed E-state index contributed by atoms with van der Waals surface area (Å²) in [4.78, 5) is 17.6. The van der Waals surface area contributed by atoms with E-state index in [1.54, 1.807) is 11.9 Å². The van der Waals surface area contributed by atoms with Gasteiger partial charge in [-0.05, 0) is 30.9 Å². The number of hydrogen-bond donors (Lipinski definition) is 0. The number of carbonyl (C=O) groups is 1. The van der Waals surface area contributed by atoms with Gasteiger partial charge in [-0.25, -0.2) is 9.67 Å². The number of hydrogen-bond acceptors (Lipinski definition) is 4. The van der Waals surface area contributed by atoms with E-state index in [0.717, 1.165) is 25.1 Å². The molecule has 0 bridgehead atoms. The summed E-state index contributed by atoms with van der Waals surface area (Å²) in [5, 5.41) is 7.57. The van der Waals surface area contributed by atoms with Crippen molar-refractivity contribution < 1.29 is 18.0 Å². The molecule has 0 saturated heterocycles. The number of amides is 1. The van der Waals surface area contributed by atoms with Crippen molar-refractivity contribution in [2.75, 3.05) is 13.6 Å².